The molecule has 122 valence electrons. The Kier molecular flexibility index (Phi) is 5.81. The van der Waals surface area contributed by atoms with Gasteiger partial charge in [0.25, 0.3) is 0 Å². The Morgan fingerprint density at radius 2 is 1.96 bits per heavy atom. The molecule has 4 nitrogen and oxygen atoms in total. The molecule has 1 amide bonds. The molecule has 1 N–H and O–H groups in total. The second-order valence-corrected chi connectivity index (χ2v) is 6.00. The minimum Gasteiger partial charge on any atom is -0.481 e. The van der Waals surface area contributed by atoms with E-state index in [2.05, 4.69) is 0 Å². The molecule has 1 aromatic carbocycles. The summed E-state index contributed by atoms with van der Waals surface area (Å²) >= 11 is 1.43. The fourth-order valence-corrected chi connectivity index (χ4v) is 2.75. The average Bonchev–Trinajstić information content (AvgIpc) is 2.99. The van der Waals surface area contributed by atoms with Gasteiger partial charge < -0.3 is 10.0 Å². The topological polar surface area (TPSA) is 57.6 Å². The number of thiophene rings is 1. The number of carbonyl (C=O) groups is 2. The van der Waals surface area contributed by atoms with Crippen molar-refractivity contribution in [2.24, 2.45) is 0 Å². The van der Waals surface area contributed by atoms with Gasteiger partial charge >= 0.3 is 5.97 Å². The van der Waals surface area contributed by atoms with Gasteiger partial charge in [-0.05, 0) is 29.1 Å². The van der Waals surface area contributed by atoms with Crippen molar-refractivity contribution in [1.82, 2.24) is 4.90 Å². The van der Waals surface area contributed by atoms with Gasteiger partial charge in [0, 0.05) is 18.0 Å². The number of hydrogen-bond acceptors (Lipinski definition) is 3. The molecule has 0 spiro atoms. The fourth-order valence-electron chi connectivity index (χ4n) is 2.05. The average molecular weight is 339 g/mol. The van der Waals surface area contributed by atoms with Crippen molar-refractivity contribution in [1.29, 1.82) is 0 Å². The van der Waals surface area contributed by atoms with Crippen molar-refractivity contribution >= 4 is 23.2 Å². The Morgan fingerprint density at radius 3 is 2.57 bits per heavy atom. The van der Waals surface area contributed by atoms with Gasteiger partial charge in [-0.25, -0.2) is 8.78 Å². The van der Waals surface area contributed by atoms with Crippen LogP contribution in [0.1, 0.15) is 16.9 Å². The lowest BCUT2D eigenvalue weighted by atomic mass is 10.2. The number of rotatable bonds is 7. The molecule has 0 fully saturated rings. The smallest absolute Gasteiger partial charge is 0.305 e. The lowest BCUT2D eigenvalue weighted by Crippen LogP contribution is -2.33. The molecular formula is C16H15F2NO3S. The van der Waals surface area contributed by atoms with Crippen LogP contribution >= 0.6 is 11.3 Å². The van der Waals surface area contributed by atoms with Crippen molar-refractivity contribution in [3.8, 4) is 0 Å². The van der Waals surface area contributed by atoms with Crippen LogP contribution < -0.4 is 0 Å². The molecule has 0 aliphatic carbocycles. The first-order valence-electron chi connectivity index (χ1n) is 6.91. The normalized spacial score (nSPS) is 10.5. The van der Waals surface area contributed by atoms with Gasteiger partial charge in [-0.1, -0.05) is 12.1 Å². The van der Waals surface area contributed by atoms with E-state index < -0.39 is 17.6 Å². The molecule has 2 rings (SSSR count). The third-order valence-corrected chi connectivity index (χ3v) is 4.09. The van der Waals surface area contributed by atoms with E-state index in [1.807, 2.05) is 17.5 Å². The molecule has 2 aromatic rings. The highest BCUT2D eigenvalue weighted by Crippen LogP contribution is 2.15. The van der Waals surface area contributed by atoms with E-state index >= 15 is 0 Å². The molecule has 0 unspecified atom stereocenters. The van der Waals surface area contributed by atoms with Gasteiger partial charge in [0.15, 0.2) is 11.6 Å². The van der Waals surface area contributed by atoms with Crippen molar-refractivity contribution in [2.45, 2.75) is 19.4 Å². The molecule has 0 radical (unpaired) electrons. The van der Waals surface area contributed by atoms with Gasteiger partial charge in [-0.2, -0.15) is 0 Å². The number of amides is 1. The molecule has 0 bridgehead atoms. The SMILES string of the molecule is O=C(O)CCN(Cc1ccc(F)c(F)c1)C(=O)Cc1cccs1. The van der Waals surface area contributed by atoms with E-state index in [-0.39, 0.29) is 31.8 Å². The molecule has 0 aliphatic rings. The van der Waals surface area contributed by atoms with Crippen LogP contribution in [0.2, 0.25) is 0 Å². The first-order chi connectivity index (χ1) is 11.0. The highest BCUT2D eigenvalue weighted by atomic mass is 32.1. The molecule has 1 aromatic heterocycles. The molecule has 7 heteroatoms. The summed E-state index contributed by atoms with van der Waals surface area (Å²) in [6, 6.07) is 7.02. The molecule has 0 saturated carbocycles. The fraction of sp³-hybridized carbons (Fsp3) is 0.250. The van der Waals surface area contributed by atoms with Crippen molar-refractivity contribution in [3.05, 3.63) is 57.8 Å². The maximum atomic E-state index is 13.3. The largest absolute Gasteiger partial charge is 0.481 e. The highest BCUT2D eigenvalue weighted by Gasteiger charge is 2.17. The molecule has 0 saturated heterocycles. The summed E-state index contributed by atoms with van der Waals surface area (Å²) < 4.78 is 26.2. The number of nitrogens with zero attached hydrogens (tertiary/aromatic N) is 1. The number of aliphatic carboxylic acids is 1. The molecule has 23 heavy (non-hydrogen) atoms. The minimum absolute atomic E-state index is 0.0124. The number of carboxylic acids is 1. The van der Waals surface area contributed by atoms with Gasteiger partial charge in [-0.15, -0.1) is 11.3 Å². The van der Waals surface area contributed by atoms with Crippen LogP contribution in [0.25, 0.3) is 0 Å². The predicted octanol–water partition coefficient (Wildman–Crippen LogP) is 3.07. The maximum Gasteiger partial charge on any atom is 0.305 e. The number of halogens is 2. The van der Waals surface area contributed by atoms with Crippen LogP contribution in [0.4, 0.5) is 8.78 Å². The standard InChI is InChI=1S/C16H15F2NO3S/c17-13-4-3-11(8-14(13)18)10-19(6-5-16(21)22)15(20)9-12-2-1-7-23-12/h1-4,7-8H,5-6,9-10H2,(H,21,22). The summed E-state index contributed by atoms with van der Waals surface area (Å²) in [5.74, 6) is -3.23. The van der Waals surface area contributed by atoms with E-state index in [1.54, 1.807) is 0 Å². The number of hydrogen-bond donors (Lipinski definition) is 1. The summed E-state index contributed by atoms with van der Waals surface area (Å²) in [7, 11) is 0. The quantitative estimate of drug-likeness (QED) is 0.843. The van der Waals surface area contributed by atoms with Gasteiger partial charge in [-0.3, -0.25) is 9.59 Å². The van der Waals surface area contributed by atoms with Crippen molar-refractivity contribution in [2.75, 3.05) is 6.54 Å². The summed E-state index contributed by atoms with van der Waals surface area (Å²) in [6.45, 7) is 0.0488. The Bertz CT molecular complexity index is 689. The first-order valence-corrected chi connectivity index (χ1v) is 7.79. The monoisotopic (exact) mass is 339 g/mol. The first kappa shape index (κ1) is 17.1. The van der Waals surface area contributed by atoms with Crippen molar-refractivity contribution < 1.29 is 23.5 Å². The zero-order chi connectivity index (χ0) is 16.8. The summed E-state index contributed by atoms with van der Waals surface area (Å²) in [6.07, 6.45) is -0.0547. The summed E-state index contributed by atoms with van der Waals surface area (Å²) in [5.41, 5.74) is 0.411. The Hall–Kier alpha value is -2.28. The molecule has 0 aliphatic heterocycles. The van der Waals surface area contributed by atoms with Crippen LogP contribution in [-0.2, 0) is 22.6 Å². The zero-order valence-corrected chi connectivity index (χ0v) is 13.0. The number of carboxylic acid groups (broad SMARTS) is 1. The van der Waals surface area contributed by atoms with E-state index in [0.29, 0.717) is 5.56 Å². The Morgan fingerprint density at radius 1 is 1.17 bits per heavy atom. The predicted molar refractivity (Wildman–Crippen MR) is 82.1 cm³/mol. The summed E-state index contributed by atoms with van der Waals surface area (Å²) in [5, 5.41) is 10.6. The minimum atomic E-state index is -1.02. The Balaban J connectivity index is 2.10. The van der Waals surface area contributed by atoms with E-state index in [9.17, 15) is 18.4 Å². The van der Waals surface area contributed by atoms with E-state index in [0.717, 1.165) is 17.0 Å². The molecule has 1 heterocycles. The van der Waals surface area contributed by atoms with Crippen LogP contribution in [-0.4, -0.2) is 28.4 Å². The third kappa shape index (κ3) is 5.14. The van der Waals surface area contributed by atoms with E-state index in [1.165, 1.54) is 22.3 Å². The molecular weight excluding hydrogens is 324 g/mol. The molecule has 0 atom stereocenters. The lowest BCUT2D eigenvalue weighted by Gasteiger charge is -2.22. The van der Waals surface area contributed by atoms with Gasteiger partial charge in [0.1, 0.15) is 0 Å². The van der Waals surface area contributed by atoms with Crippen LogP contribution in [0.5, 0.6) is 0 Å². The second kappa shape index (κ2) is 7.82. The number of benzene rings is 1. The van der Waals surface area contributed by atoms with Gasteiger partial charge in [0.2, 0.25) is 5.91 Å². The number of carbonyl (C=O) groups excluding carboxylic acids is 1. The van der Waals surface area contributed by atoms with E-state index in [4.69, 9.17) is 5.11 Å². The van der Waals surface area contributed by atoms with Crippen LogP contribution in [0, 0.1) is 11.6 Å². The van der Waals surface area contributed by atoms with Crippen LogP contribution in [0.3, 0.4) is 0 Å². The summed E-state index contributed by atoms with van der Waals surface area (Å²) in [4.78, 5) is 25.3. The lowest BCUT2D eigenvalue weighted by molar-refractivity contribution is -0.138. The maximum absolute atomic E-state index is 13.3. The van der Waals surface area contributed by atoms with Gasteiger partial charge in [0.05, 0.1) is 12.8 Å². The highest BCUT2D eigenvalue weighted by molar-refractivity contribution is 7.10. The van der Waals surface area contributed by atoms with Crippen molar-refractivity contribution in [3.63, 3.8) is 0 Å². The third-order valence-electron chi connectivity index (χ3n) is 3.21. The second-order valence-electron chi connectivity index (χ2n) is 4.96. The zero-order valence-electron chi connectivity index (χ0n) is 12.2. The van der Waals surface area contributed by atoms with Crippen LogP contribution in [0.15, 0.2) is 35.7 Å². The Labute approximate surface area is 136 Å².